The molecule has 0 saturated carbocycles. The van der Waals surface area contributed by atoms with E-state index in [0.717, 1.165) is 15.6 Å². The Morgan fingerprint density at radius 3 is 2.44 bits per heavy atom. The number of benzene rings is 3. The van der Waals surface area contributed by atoms with Crippen molar-refractivity contribution in [3.63, 3.8) is 0 Å². The minimum Gasteiger partial charge on any atom is -0.497 e. The Morgan fingerprint density at radius 1 is 1.03 bits per heavy atom. The van der Waals surface area contributed by atoms with Gasteiger partial charge in [0, 0.05) is 15.6 Å². The third-order valence-corrected chi connectivity index (χ3v) is 5.63. The number of imidazole rings is 1. The van der Waals surface area contributed by atoms with Crippen molar-refractivity contribution in [3.05, 3.63) is 70.7 Å². The number of ketones is 1. The summed E-state index contributed by atoms with van der Waals surface area (Å²) in [5.74, 6) is 1.26. The zero-order valence-electron chi connectivity index (χ0n) is 18.6. The molecule has 1 aromatic heterocycles. The Bertz CT molecular complexity index is 1320. The summed E-state index contributed by atoms with van der Waals surface area (Å²) in [6.45, 7) is 2.00. The molecule has 4 aromatic rings. The van der Waals surface area contributed by atoms with Crippen molar-refractivity contribution < 1.29 is 19.1 Å². The van der Waals surface area contributed by atoms with E-state index < -0.39 is 6.09 Å². The average molecular weight is 523 g/mol. The molecule has 3 aromatic carbocycles. The number of methoxy groups -OCH3 is 1. The van der Waals surface area contributed by atoms with E-state index in [1.807, 2.05) is 24.3 Å². The first kappa shape index (κ1) is 23.3. The van der Waals surface area contributed by atoms with Gasteiger partial charge in [0.15, 0.2) is 5.78 Å². The molecule has 0 fully saturated rings. The summed E-state index contributed by atoms with van der Waals surface area (Å²) >= 11 is 3.44. The van der Waals surface area contributed by atoms with Gasteiger partial charge < -0.3 is 19.8 Å². The Morgan fingerprint density at radius 2 is 1.76 bits per heavy atom. The van der Waals surface area contributed by atoms with Gasteiger partial charge in [-0.15, -0.1) is 0 Å². The van der Waals surface area contributed by atoms with Crippen LogP contribution in [0.3, 0.4) is 0 Å². The van der Waals surface area contributed by atoms with Gasteiger partial charge in [-0.3, -0.25) is 10.1 Å². The molecular weight excluding hydrogens is 500 g/mol. The van der Waals surface area contributed by atoms with E-state index in [1.165, 1.54) is 0 Å². The summed E-state index contributed by atoms with van der Waals surface area (Å²) in [5.41, 5.74) is 3.91. The highest BCUT2D eigenvalue weighted by atomic mass is 79.9. The molecule has 1 heterocycles. The topological polar surface area (TPSA) is 105 Å². The molecule has 0 saturated heterocycles. The fourth-order valence-corrected chi connectivity index (χ4v) is 3.65. The number of H-pyrrole nitrogens is 1. The lowest BCUT2D eigenvalue weighted by Gasteiger charge is -2.13. The Balaban J connectivity index is 1.62. The maximum Gasteiger partial charge on any atom is 0.411 e. The van der Waals surface area contributed by atoms with Crippen LogP contribution in [0.4, 0.5) is 16.2 Å². The molecular formula is C25H23BrN4O4. The normalized spacial score (nSPS) is 10.7. The second-order valence-electron chi connectivity index (χ2n) is 7.36. The molecule has 1 amide bonds. The molecule has 0 aliphatic carbocycles. The van der Waals surface area contributed by atoms with E-state index >= 15 is 0 Å². The van der Waals surface area contributed by atoms with Crippen LogP contribution in [0.15, 0.2) is 65.1 Å². The first-order valence-electron chi connectivity index (χ1n) is 10.6. The van der Waals surface area contributed by atoms with Crippen LogP contribution in [0, 0.1) is 0 Å². The second kappa shape index (κ2) is 10.4. The van der Waals surface area contributed by atoms with Gasteiger partial charge in [-0.25, -0.2) is 9.78 Å². The minimum absolute atomic E-state index is 0.0271. The van der Waals surface area contributed by atoms with Crippen LogP contribution in [0.1, 0.15) is 17.3 Å². The predicted molar refractivity (Wildman–Crippen MR) is 136 cm³/mol. The quantitative estimate of drug-likeness (QED) is 0.250. The van der Waals surface area contributed by atoms with Crippen molar-refractivity contribution in [2.75, 3.05) is 30.9 Å². The van der Waals surface area contributed by atoms with E-state index in [0.29, 0.717) is 34.0 Å². The summed E-state index contributed by atoms with van der Waals surface area (Å²) < 4.78 is 11.1. The van der Waals surface area contributed by atoms with Gasteiger partial charge in [0.2, 0.25) is 0 Å². The molecule has 0 radical (unpaired) electrons. The number of nitrogens with one attached hydrogen (secondary N) is 3. The number of hydrogen-bond donors (Lipinski definition) is 3. The van der Waals surface area contributed by atoms with Gasteiger partial charge in [-0.2, -0.15) is 0 Å². The number of rotatable bonds is 8. The third kappa shape index (κ3) is 5.37. The fraction of sp³-hybridized carbons (Fsp3) is 0.160. The SMILES string of the molecule is CCOC(=O)Nc1cc2[nH]c(-c3ccc(Br)cc3)nc2cc1NCC(=O)c1ccc(OC)cc1. The van der Waals surface area contributed by atoms with Crippen molar-refractivity contribution in [1.29, 1.82) is 0 Å². The van der Waals surface area contributed by atoms with Crippen molar-refractivity contribution in [3.8, 4) is 17.1 Å². The highest BCUT2D eigenvalue weighted by molar-refractivity contribution is 9.10. The molecule has 34 heavy (non-hydrogen) atoms. The third-order valence-electron chi connectivity index (χ3n) is 5.10. The predicted octanol–water partition coefficient (Wildman–Crippen LogP) is 5.86. The number of halogens is 1. The van der Waals surface area contributed by atoms with Crippen LogP contribution in [-0.2, 0) is 4.74 Å². The van der Waals surface area contributed by atoms with Crippen molar-refractivity contribution in [2.45, 2.75) is 6.92 Å². The number of hydrogen-bond acceptors (Lipinski definition) is 6. The zero-order chi connectivity index (χ0) is 24.1. The van der Waals surface area contributed by atoms with Gasteiger partial charge in [0.25, 0.3) is 0 Å². The minimum atomic E-state index is -0.584. The van der Waals surface area contributed by atoms with Crippen LogP contribution in [0.2, 0.25) is 0 Å². The molecule has 0 aliphatic heterocycles. The average Bonchev–Trinajstić information content (AvgIpc) is 3.25. The number of fused-ring (bicyclic) bond motifs is 1. The number of carbonyl (C=O) groups is 2. The molecule has 4 rings (SSSR count). The number of ether oxygens (including phenoxy) is 2. The molecule has 8 nitrogen and oxygen atoms in total. The lowest BCUT2D eigenvalue weighted by molar-refractivity contribution is 0.101. The van der Waals surface area contributed by atoms with E-state index in [-0.39, 0.29) is 18.9 Å². The van der Waals surface area contributed by atoms with Gasteiger partial charge in [0.05, 0.1) is 42.7 Å². The number of aromatic nitrogens is 2. The summed E-state index contributed by atoms with van der Waals surface area (Å²) in [6, 6.07) is 18.2. The van der Waals surface area contributed by atoms with Gasteiger partial charge in [-0.1, -0.05) is 28.1 Å². The van der Waals surface area contributed by atoms with E-state index in [1.54, 1.807) is 50.4 Å². The Hall–Kier alpha value is -3.85. The molecule has 0 bridgehead atoms. The Kier molecular flexibility index (Phi) is 7.12. The molecule has 9 heteroatoms. The van der Waals surface area contributed by atoms with Crippen molar-refractivity contribution in [2.24, 2.45) is 0 Å². The molecule has 0 aliphatic rings. The van der Waals surface area contributed by atoms with Crippen molar-refractivity contribution in [1.82, 2.24) is 9.97 Å². The smallest absolute Gasteiger partial charge is 0.411 e. The lowest BCUT2D eigenvalue weighted by atomic mass is 10.1. The van der Waals surface area contributed by atoms with Gasteiger partial charge in [-0.05, 0) is 55.5 Å². The summed E-state index contributed by atoms with van der Waals surface area (Å²) in [5, 5.41) is 5.86. The fourth-order valence-electron chi connectivity index (χ4n) is 3.38. The van der Waals surface area contributed by atoms with Crippen LogP contribution in [0.25, 0.3) is 22.4 Å². The van der Waals surface area contributed by atoms with E-state index in [9.17, 15) is 9.59 Å². The number of amides is 1. The maximum absolute atomic E-state index is 12.7. The molecule has 3 N–H and O–H groups in total. The molecule has 0 unspecified atom stereocenters. The number of carbonyl (C=O) groups excluding carboxylic acids is 2. The summed E-state index contributed by atoms with van der Waals surface area (Å²) in [6.07, 6.45) is -0.584. The van der Waals surface area contributed by atoms with Gasteiger partial charge >= 0.3 is 6.09 Å². The summed E-state index contributed by atoms with van der Waals surface area (Å²) in [7, 11) is 1.57. The first-order valence-corrected chi connectivity index (χ1v) is 11.4. The summed E-state index contributed by atoms with van der Waals surface area (Å²) in [4.78, 5) is 32.8. The lowest BCUT2D eigenvalue weighted by Crippen LogP contribution is -2.18. The van der Waals surface area contributed by atoms with Crippen LogP contribution in [-0.4, -0.2) is 42.1 Å². The van der Waals surface area contributed by atoms with E-state index in [4.69, 9.17) is 9.47 Å². The largest absolute Gasteiger partial charge is 0.497 e. The highest BCUT2D eigenvalue weighted by Crippen LogP contribution is 2.30. The molecule has 174 valence electrons. The number of aromatic amines is 1. The zero-order valence-corrected chi connectivity index (χ0v) is 20.2. The van der Waals surface area contributed by atoms with Crippen LogP contribution in [0.5, 0.6) is 5.75 Å². The number of anilines is 2. The standard InChI is InChI=1S/C25H23BrN4O4/c1-3-34-25(32)30-20-13-22-21(28-24(29-22)16-4-8-17(26)9-5-16)12-19(20)27-14-23(31)15-6-10-18(33-2)11-7-15/h4-13,27H,3,14H2,1-2H3,(H,28,29)(H,30,32). The van der Waals surface area contributed by atoms with E-state index in [2.05, 4.69) is 36.5 Å². The molecule has 0 atom stereocenters. The number of Topliss-reactive ketones (excluding diaryl/α,β-unsaturated/α-hetero) is 1. The molecule has 0 spiro atoms. The second-order valence-corrected chi connectivity index (χ2v) is 8.27. The Labute approximate surface area is 204 Å². The maximum atomic E-state index is 12.7. The highest BCUT2D eigenvalue weighted by Gasteiger charge is 2.14. The van der Waals surface area contributed by atoms with Crippen LogP contribution < -0.4 is 15.4 Å². The number of nitrogens with zero attached hydrogens (tertiary/aromatic N) is 1. The first-order chi connectivity index (χ1) is 16.5. The van der Waals surface area contributed by atoms with Crippen molar-refractivity contribution >= 4 is 50.2 Å². The monoisotopic (exact) mass is 522 g/mol. The van der Waals surface area contributed by atoms with Crippen LogP contribution >= 0.6 is 15.9 Å². The van der Waals surface area contributed by atoms with Gasteiger partial charge in [0.1, 0.15) is 11.6 Å².